The van der Waals surface area contributed by atoms with Crippen molar-refractivity contribution in [3.8, 4) is 0 Å². The molecule has 1 aromatic heterocycles. The largest absolute Gasteiger partial charge is 0.465 e. The predicted molar refractivity (Wildman–Crippen MR) is 74.2 cm³/mol. The van der Waals surface area contributed by atoms with E-state index in [1.54, 1.807) is 23.5 Å². The molecule has 2 aromatic rings. The number of nitrogens with one attached hydrogen (secondary N) is 1. The van der Waals surface area contributed by atoms with Crippen LogP contribution in [0.5, 0.6) is 0 Å². The molecule has 0 unspecified atom stereocenters. The first-order valence-corrected chi connectivity index (χ1v) is 6.54. The molecule has 4 heteroatoms. The maximum atomic E-state index is 11.3. The van der Waals surface area contributed by atoms with E-state index in [1.165, 1.54) is 17.6 Å². The van der Waals surface area contributed by atoms with E-state index in [9.17, 15) is 4.79 Å². The van der Waals surface area contributed by atoms with Gasteiger partial charge in [0.1, 0.15) is 0 Å². The molecule has 0 amide bonds. The minimum absolute atomic E-state index is 0.310. The number of hydrogen-bond donors (Lipinski definition) is 1. The molecular formula is C14H15NO2S. The lowest BCUT2D eigenvalue weighted by Gasteiger charge is -2.06. The van der Waals surface area contributed by atoms with E-state index >= 15 is 0 Å². The Morgan fingerprint density at radius 1 is 1.28 bits per heavy atom. The summed E-state index contributed by atoms with van der Waals surface area (Å²) in [7, 11) is 1.38. The van der Waals surface area contributed by atoms with E-state index in [1.807, 2.05) is 12.1 Å². The molecule has 1 aromatic carbocycles. The third kappa shape index (κ3) is 2.90. The first-order chi connectivity index (χ1) is 8.70. The SMILES string of the molecule is COC(=O)c1ccc(NCc2sccc2C)cc1. The predicted octanol–water partition coefficient (Wildman–Crippen LogP) is 3.46. The fraction of sp³-hybridized carbons (Fsp3) is 0.214. The number of benzene rings is 1. The summed E-state index contributed by atoms with van der Waals surface area (Å²) in [5.74, 6) is -0.310. The Hall–Kier alpha value is -1.81. The van der Waals surface area contributed by atoms with Gasteiger partial charge in [0.05, 0.1) is 12.7 Å². The van der Waals surface area contributed by atoms with Gasteiger partial charge >= 0.3 is 5.97 Å². The van der Waals surface area contributed by atoms with Gasteiger partial charge in [-0.05, 0) is 48.2 Å². The molecule has 0 fully saturated rings. The molecule has 18 heavy (non-hydrogen) atoms. The van der Waals surface area contributed by atoms with Crippen molar-refractivity contribution >= 4 is 23.0 Å². The highest BCUT2D eigenvalue weighted by Gasteiger charge is 2.04. The van der Waals surface area contributed by atoms with Crippen LogP contribution < -0.4 is 5.32 Å². The zero-order chi connectivity index (χ0) is 13.0. The van der Waals surface area contributed by atoms with Crippen molar-refractivity contribution < 1.29 is 9.53 Å². The molecule has 0 aliphatic carbocycles. The molecule has 0 saturated carbocycles. The average Bonchev–Trinajstić information content (AvgIpc) is 2.81. The number of methoxy groups -OCH3 is 1. The summed E-state index contributed by atoms with van der Waals surface area (Å²) in [6, 6.07) is 9.40. The van der Waals surface area contributed by atoms with Crippen LogP contribution in [0.15, 0.2) is 35.7 Å². The topological polar surface area (TPSA) is 38.3 Å². The summed E-state index contributed by atoms with van der Waals surface area (Å²) in [5.41, 5.74) is 2.87. The smallest absolute Gasteiger partial charge is 0.337 e. The van der Waals surface area contributed by atoms with Gasteiger partial charge in [0.25, 0.3) is 0 Å². The Labute approximate surface area is 110 Å². The molecule has 0 aliphatic rings. The fourth-order valence-corrected chi connectivity index (χ4v) is 2.46. The summed E-state index contributed by atoms with van der Waals surface area (Å²) < 4.78 is 4.65. The first-order valence-electron chi connectivity index (χ1n) is 5.66. The quantitative estimate of drug-likeness (QED) is 0.857. The van der Waals surface area contributed by atoms with Crippen molar-refractivity contribution in [2.45, 2.75) is 13.5 Å². The highest BCUT2D eigenvalue weighted by Crippen LogP contribution is 2.18. The summed E-state index contributed by atoms with van der Waals surface area (Å²) >= 11 is 1.74. The number of aryl methyl sites for hydroxylation is 1. The van der Waals surface area contributed by atoms with Gasteiger partial charge < -0.3 is 10.1 Å². The van der Waals surface area contributed by atoms with Crippen LogP contribution in [0.25, 0.3) is 0 Å². The summed E-state index contributed by atoms with van der Waals surface area (Å²) in [6.45, 7) is 2.91. The number of hydrogen-bond acceptors (Lipinski definition) is 4. The monoisotopic (exact) mass is 261 g/mol. The van der Waals surface area contributed by atoms with Crippen LogP contribution in [0.1, 0.15) is 20.8 Å². The van der Waals surface area contributed by atoms with E-state index < -0.39 is 0 Å². The highest BCUT2D eigenvalue weighted by molar-refractivity contribution is 7.10. The van der Waals surface area contributed by atoms with Gasteiger partial charge in [-0.3, -0.25) is 0 Å². The normalized spacial score (nSPS) is 10.1. The number of rotatable bonds is 4. The zero-order valence-electron chi connectivity index (χ0n) is 10.4. The molecule has 0 atom stereocenters. The number of thiophene rings is 1. The third-order valence-electron chi connectivity index (χ3n) is 2.73. The molecule has 1 heterocycles. The second kappa shape index (κ2) is 5.69. The van der Waals surface area contributed by atoms with E-state index in [0.717, 1.165) is 12.2 Å². The van der Waals surface area contributed by atoms with Gasteiger partial charge in [0.2, 0.25) is 0 Å². The molecule has 2 rings (SSSR count). The highest BCUT2D eigenvalue weighted by atomic mass is 32.1. The lowest BCUT2D eigenvalue weighted by Crippen LogP contribution is -2.02. The lowest BCUT2D eigenvalue weighted by molar-refractivity contribution is 0.0601. The van der Waals surface area contributed by atoms with Gasteiger partial charge in [-0.15, -0.1) is 11.3 Å². The summed E-state index contributed by atoms with van der Waals surface area (Å²) in [4.78, 5) is 12.6. The van der Waals surface area contributed by atoms with Crippen LogP contribution in [-0.2, 0) is 11.3 Å². The van der Waals surface area contributed by atoms with Crippen molar-refractivity contribution in [2.75, 3.05) is 12.4 Å². The number of esters is 1. The average molecular weight is 261 g/mol. The Morgan fingerprint density at radius 2 is 2.00 bits per heavy atom. The van der Waals surface area contributed by atoms with Crippen LogP contribution >= 0.6 is 11.3 Å². The Balaban J connectivity index is 1.98. The minimum Gasteiger partial charge on any atom is -0.465 e. The van der Waals surface area contributed by atoms with Crippen LogP contribution in [0, 0.1) is 6.92 Å². The third-order valence-corrected chi connectivity index (χ3v) is 3.75. The number of carbonyl (C=O) groups is 1. The lowest BCUT2D eigenvalue weighted by atomic mass is 10.2. The molecule has 1 N–H and O–H groups in total. The second-order valence-electron chi connectivity index (χ2n) is 3.95. The number of anilines is 1. The molecule has 0 spiro atoms. The van der Waals surface area contributed by atoms with E-state index in [0.29, 0.717) is 5.56 Å². The standard InChI is InChI=1S/C14H15NO2S/c1-10-7-8-18-13(10)9-15-12-5-3-11(4-6-12)14(16)17-2/h3-8,15H,9H2,1-2H3. The van der Waals surface area contributed by atoms with Crippen molar-refractivity contribution in [1.82, 2.24) is 0 Å². The van der Waals surface area contributed by atoms with E-state index in [4.69, 9.17) is 0 Å². The van der Waals surface area contributed by atoms with Crippen molar-refractivity contribution in [1.29, 1.82) is 0 Å². The minimum atomic E-state index is -0.310. The van der Waals surface area contributed by atoms with Crippen LogP contribution in [-0.4, -0.2) is 13.1 Å². The van der Waals surface area contributed by atoms with Crippen molar-refractivity contribution in [3.63, 3.8) is 0 Å². The van der Waals surface area contributed by atoms with Gasteiger partial charge in [-0.2, -0.15) is 0 Å². The number of ether oxygens (including phenoxy) is 1. The van der Waals surface area contributed by atoms with Crippen LogP contribution in [0.3, 0.4) is 0 Å². The molecule has 0 saturated heterocycles. The summed E-state index contributed by atoms with van der Waals surface area (Å²) in [6.07, 6.45) is 0. The fourth-order valence-electron chi connectivity index (χ4n) is 1.61. The van der Waals surface area contributed by atoms with Gasteiger partial charge in [-0.25, -0.2) is 4.79 Å². The van der Waals surface area contributed by atoms with Gasteiger partial charge in [0.15, 0.2) is 0 Å². The zero-order valence-corrected chi connectivity index (χ0v) is 11.2. The molecule has 0 aliphatic heterocycles. The molecule has 0 radical (unpaired) electrons. The van der Waals surface area contributed by atoms with Crippen molar-refractivity contribution in [2.24, 2.45) is 0 Å². The molecule has 3 nitrogen and oxygen atoms in total. The van der Waals surface area contributed by atoms with E-state index in [-0.39, 0.29) is 5.97 Å². The molecular weight excluding hydrogens is 246 g/mol. The van der Waals surface area contributed by atoms with Gasteiger partial charge in [-0.1, -0.05) is 0 Å². The van der Waals surface area contributed by atoms with Crippen LogP contribution in [0.2, 0.25) is 0 Å². The molecule has 0 bridgehead atoms. The van der Waals surface area contributed by atoms with Crippen LogP contribution in [0.4, 0.5) is 5.69 Å². The van der Waals surface area contributed by atoms with E-state index in [2.05, 4.69) is 28.4 Å². The summed E-state index contributed by atoms with van der Waals surface area (Å²) in [5, 5.41) is 5.42. The maximum Gasteiger partial charge on any atom is 0.337 e. The molecule has 94 valence electrons. The Bertz CT molecular complexity index is 531. The Morgan fingerprint density at radius 3 is 2.56 bits per heavy atom. The first kappa shape index (κ1) is 12.6. The number of carbonyl (C=O) groups excluding carboxylic acids is 1. The second-order valence-corrected chi connectivity index (χ2v) is 4.95. The Kier molecular flexibility index (Phi) is 3.99. The van der Waals surface area contributed by atoms with Gasteiger partial charge in [0, 0.05) is 17.1 Å². The maximum absolute atomic E-state index is 11.3. The van der Waals surface area contributed by atoms with Crippen molar-refractivity contribution in [3.05, 3.63) is 51.7 Å².